The number of carbonyl (C=O) groups is 1. The van der Waals surface area contributed by atoms with Crippen LogP contribution in [0.5, 0.6) is 5.75 Å². The van der Waals surface area contributed by atoms with Crippen LogP contribution in [0, 0.1) is 10.1 Å². The number of nitro benzene ring substituents is 1. The van der Waals surface area contributed by atoms with E-state index in [0.29, 0.717) is 6.07 Å². The fraction of sp³-hybridized carbons (Fsp3) is 0.364. The van der Waals surface area contributed by atoms with Crippen LogP contribution < -0.4 is 4.74 Å². The van der Waals surface area contributed by atoms with Gasteiger partial charge in [0, 0.05) is 0 Å². The predicted octanol–water partition coefficient (Wildman–Crippen LogP) is 3.21. The van der Waals surface area contributed by atoms with Crippen molar-refractivity contribution in [2.75, 3.05) is 6.61 Å². The van der Waals surface area contributed by atoms with Crippen molar-refractivity contribution in [1.82, 2.24) is 0 Å². The van der Waals surface area contributed by atoms with Crippen LogP contribution in [0.2, 0.25) is 0 Å². The van der Waals surface area contributed by atoms with Crippen LogP contribution in [-0.4, -0.2) is 17.3 Å². The fourth-order valence-electron chi connectivity index (χ4n) is 1.55. The summed E-state index contributed by atoms with van der Waals surface area (Å²) in [6.45, 7) is 2.45. The molecular weight excluding hydrogens is 267 g/mol. The van der Waals surface area contributed by atoms with Gasteiger partial charge in [0.2, 0.25) is 5.75 Å². The summed E-state index contributed by atoms with van der Waals surface area (Å²) in [5.74, 6) is -1.25. The van der Waals surface area contributed by atoms with E-state index in [-0.39, 0.29) is 12.2 Å². The highest BCUT2D eigenvalue weighted by molar-refractivity contribution is 5.98. The lowest BCUT2D eigenvalue weighted by Crippen LogP contribution is -2.13. The van der Waals surface area contributed by atoms with Gasteiger partial charge in [0.05, 0.1) is 17.1 Å². The lowest BCUT2D eigenvalue weighted by atomic mass is 10.0. The molecule has 0 N–H and O–H groups in total. The Labute approximate surface area is 106 Å². The van der Waals surface area contributed by atoms with E-state index in [9.17, 15) is 28.1 Å². The first-order valence-electron chi connectivity index (χ1n) is 5.22. The lowest BCUT2D eigenvalue weighted by molar-refractivity contribution is -0.389. The van der Waals surface area contributed by atoms with Gasteiger partial charge in [0.25, 0.3) is 0 Å². The minimum absolute atomic E-state index is 0.0948. The minimum atomic E-state index is -4.90. The van der Waals surface area contributed by atoms with Crippen LogP contribution in [0.3, 0.4) is 0 Å². The second-order valence-electron chi connectivity index (χ2n) is 3.58. The molecule has 1 aromatic rings. The van der Waals surface area contributed by atoms with Gasteiger partial charge in [-0.1, -0.05) is 0 Å². The van der Waals surface area contributed by atoms with Gasteiger partial charge >= 0.3 is 11.9 Å². The summed E-state index contributed by atoms with van der Waals surface area (Å²) in [5.41, 5.74) is -2.92. The normalized spacial score (nSPS) is 11.2. The van der Waals surface area contributed by atoms with Crippen LogP contribution >= 0.6 is 0 Å². The van der Waals surface area contributed by atoms with Gasteiger partial charge in [0.15, 0.2) is 5.78 Å². The van der Waals surface area contributed by atoms with Crippen molar-refractivity contribution in [3.63, 3.8) is 0 Å². The molecule has 0 spiro atoms. The van der Waals surface area contributed by atoms with E-state index in [4.69, 9.17) is 4.74 Å². The zero-order valence-corrected chi connectivity index (χ0v) is 10.1. The van der Waals surface area contributed by atoms with Crippen LogP contribution in [0.25, 0.3) is 0 Å². The number of hydrogen-bond donors (Lipinski definition) is 0. The van der Waals surface area contributed by atoms with Gasteiger partial charge in [-0.05, 0) is 26.0 Å². The number of halogens is 3. The first kappa shape index (κ1) is 14.9. The van der Waals surface area contributed by atoms with Crippen molar-refractivity contribution >= 4 is 11.5 Å². The number of ether oxygens (including phenoxy) is 1. The molecule has 0 aromatic heterocycles. The molecule has 0 amide bonds. The Balaban J connectivity index is 3.68. The third-order valence-electron chi connectivity index (χ3n) is 2.29. The molecule has 5 nitrogen and oxygen atoms in total. The maximum absolute atomic E-state index is 12.7. The average Bonchev–Trinajstić information content (AvgIpc) is 2.26. The van der Waals surface area contributed by atoms with Crippen molar-refractivity contribution in [1.29, 1.82) is 0 Å². The quantitative estimate of drug-likeness (QED) is 0.481. The Morgan fingerprint density at radius 1 is 1.42 bits per heavy atom. The van der Waals surface area contributed by atoms with E-state index in [1.165, 1.54) is 6.92 Å². The first-order valence-corrected chi connectivity index (χ1v) is 5.22. The molecule has 0 heterocycles. The molecule has 1 rings (SSSR count). The summed E-state index contributed by atoms with van der Waals surface area (Å²) >= 11 is 0. The lowest BCUT2D eigenvalue weighted by Gasteiger charge is -2.13. The first-order chi connectivity index (χ1) is 8.70. The molecule has 19 heavy (non-hydrogen) atoms. The largest absolute Gasteiger partial charge is 0.487 e. The Kier molecular flexibility index (Phi) is 4.13. The van der Waals surface area contributed by atoms with Crippen molar-refractivity contribution in [3.8, 4) is 5.75 Å². The van der Waals surface area contributed by atoms with Crippen LogP contribution in [0.15, 0.2) is 12.1 Å². The Bertz CT molecular complexity index is 525. The number of Topliss-reactive ketones (excluding diaryl/α,β-unsaturated/α-hetero) is 1. The minimum Gasteiger partial charge on any atom is -0.487 e. The third-order valence-corrected chi connectivity index (χ3v) is 2.29. The maximum atomic E-state index is 12.7. The number of rotatable bonds is 4. The summed E-state index contributed by atoms with van der Waals surface area (Å²) in [5, 5.41) is 10.9. The van der Waals surface area contributed by atoms with Crippen LogP contribution in [0.4, 0.5) is 18.9 Å². The van der Waals surface area contributed by atoms with Crippen molar-refractivity contribution in [2.24, 2.45) is 0 Å². The Morgan fingerprint density at radius 3 is 2.37 bits per heavy atom. The maximum Gasteiger partial charge on any atom is 0.423 e. The Morgan fingerprint density at radius 2 is 2.00 bits per heavy atom. The zero-order valence-electron chi connectivity index (χ0n) is 10.1. The fourth-order valence-corrected chi connectivity index (χ4v) is 1.55. The number of hydrogen-bond acceptors (Lipinski definition) is 4. The number of carbonyl (C=O) groups excluding carboxylic acids is 1. The molecule has 0 unspecified atom stereocenters. The smallest absolute Gasteiger partial charge is 0.423 e. The number of alkyl halides is 3. The molecule has 8 heteroatoms. The molecule has 0 aliphatic heterocycles. The number of nitrogens with zero attached hydrogens (tertiary/aromatic N) is 1. The average molecular weight is 277 g/mol. The van der Waals surface area contributed by atoms with Crippen LogP contribution in [0.1, 0.15) is 29.8 Å². The molecule has 0 radical (unpaired) electrons. The predicted molar refractivity (Wildman–Crippen MR) is 59.3 cm³/mol. The zero-order chi connectivity index (χ0) is 14.8. The van der Waals surface area contributed by atoms with Crippen LogP contribution in [-0.2, 0) is 6.18 Å². The highest BCUT2D eigenvalue weighted by Crippen LogP contribution is 2.43. The van der Waals surface area contributed by atoms with Gasteiger partial charge in [-0.25, -0.2) is 0 Å². The number of ketones is 1. The van der Waals surface area contributed by atoms with Crippen molar-refractivity contribution in [2.45, 2.75) is 20.0 Å². The van der Waals surface area contributed by atoms with Gasteiger partial charge in [0.1, 0.15) is 5.56 Å². The Hall–Kier alpha value is -2.12. The summed E-state index contributed by atoms with van der Waals surface area (Å²) in [4.78, 5) is 21.0. The monoisotopic (exact) mass is 277 g/mol. The highest BCUT2D eigenvalue weighted by Gasteiger charge is 2.41. The second-order valence-corrected chi connectivity index (χ2v) is 3.58. The molecule has 104 valence electrons. The highest BCUT2D eigenvalue weighted by atomic mass is 19.4. The second kappa shape index (κ2) is 5.25. The summed E-state index contributed by atoms with van der Waals surface area (Å²) in [6, 6.07) is 1.39. The molecule has 0 saturated carbocycles. The molecule has 0 fully saturated rings. The summed E-state index contributed by atoms with van der Waals surface area (Å²) < 4.78 is 43.0. The van der Waals surface area contributed by atoms with Gasteiger partial charge in [-0.3, -0.25) is 14.9 Å². The van der Waals surface area contributed by atoms with E-state index in [1.54, 1.807) is 0 Å². The molecule has 0 aliphatic carbocycles. The van der Waals surface area contributed by atoms with E-state index in [0.717, 1.165) is 13.0 Å². The number of benzene rings is 1. The molecule has 0 aliphatic rings. The van der Waals surface area contributed by atoms with Crippen molar-refractivity contribution < 1.29 is 27.6 Å². The van der Waals surface area contributed by atoms with Gasteiger partial charge in [-0.2, -0.15) is 13.2 Å². The molecule has 0 atom stereocenters. The standard InChI is InChI=1S/C11H10F3NO4/c1-3-19-10-7(6(2)16)4-5-8(11(12,13)14)9(10)15(17)18/h4-5H,3H2,1-2H3. The van der Waals surface area contributed by atoms with E-state index in [2.05, 4.69) is 0 Å². The van der Waals surface area contributed by atoms with Crippen molar-refractivity contribution in [3.05, 3.63) is 33.4 Å². The van der Waals surface area contributed by atoms with E-state index < -0.39 is 33.9 Å². The van der Waals surface area contributed by atoms with Gasteiger partial charge < -0.3 is 4.74 Å². The van der Waals surface area contributed by atoms with E-state index >= 15 is 0 Å². The molecule has 0 saturated heterocycles. The number of nitro groups is 1. The summed E-state index contributed by atoms with van der Waals surface area (Å²) in [7, 11) is 0. The van der Waals surface area contributed by atoms with E-state index in [1.807, 2.05) is 0 Å². The summed E-state index contributed by atoms with van der Waals surface area (Å²) in [6.07, 6.45) is -4.90. The molecular formula is C11H10F3NO4. The topological polar surface area (TPSA) is 69.4 Å². The van der Waals surface area contributed by atoms with Gasteiger partial charge in [-0.15, -0.1) is 0 Å². The SMILES string of the molecule is CCOc1c(C(C)=O)ccc(C(F)(F)F)c1[N+](=O)[O-]. The molecule has 0 bridgehead atoms. The molecule has 1 aromatic carbocycles. The third kappa shape index (κ3) is 3.01.